The summed E-state index contributed by atoms with van der Waals surface area (Å²) in [5.41, 5.74) is 1.17. The zero-order valence-corrected chi connectivity index (χ0v) is 22.9. The number of hydrogen-bond donors (Lipinski definition) is 0. The molecule has 7 heteroatoms. The van der Waals surface area contributed by atoms with Gasteiger partial charge in [-0.05, 0) is 35.9 Å². The highest BCUT2D eigenvalue weighted by atomic mass is 19.1. The predicted molar refractivity (Wildman–Crippen MR) is 156 cm³/mol. The van der Waals surface area contributed by atoms with Crippen molar-refractivity contribution in [2.45, 2.75) is 18.0 Å². The third-order valence-corrected chi connectivity index (χ3v) is 8.86. The Morgan fingerprint density at radius 3 is 2.14 bits per heavy atom. The number of ketones is 3. The quantitative estimate of drug-likeness (QED) is 0.216. The molecule has 1 aliphatic carbocycles. The molecule has 1 spiro atoms. The van der Waals surface area contributed by atoms with E-state index in [-0.39, 0.29) is 17.3 Å². The first kappa shape index (κ1) is 25.9. The van der Waals surface area contributed by atoms with Crippen LogP contribution in [-0.2, 0) is 0 Å². The van der Waals surface area contributed by atoms with Crippen LogP contribution in [0.3, 0.4) is 0 Å². The summed E-state index contributed by atoms with van der Waals surface area (Å²) in [4.78, 5) is 45.9. The van der Waals surface area contributed by atoms with Crippen molar-refractivity contribution in [3.63, 3.8) is 0 Å². The van der Waals surface area contributed by atoms with Gasteiger partial charge in [0.1, 0.15) is 17.3 Å². The van der Waals surface area contributed by atoms with E-state index < -0.39 is 29.2 Å². The van der Waals surface area contributed by atoms with Gasteiger partial charge in [0, 0.05) is 33.9 Å². The Morgan fingerprint density at radius 1 is 0.810 bits per heavy atom. The molecule has 42 heavy (non-hydrogen) atoms. The molecule has 2 aliphatic heterocycles. The molecule has 4 aromatic carbocycles. The molecule has 0 N–H and O–H groups in total. The van der Waals surface area contributed by atoms with Gasteiger partial charge >= 0.3 is 0 Å². The molecule has 3 aliphatic rings. The number of Topliss-reactive ketones (excluding diaryl/α,β-unsaturated/α-hetero) is 3. The minimum atomic E-state index is -1.67. The topological polar surface area (TPSA) is 72.9 Å². The number of carbonyl (C=O) groups is 3. The summed E-state index contributed by atoms with van der Waals surface area (Å²) in [5.74, 6) is -1.37. The Morgan fingerprint density at radius 2 is 1.48 bits per heavy atom. The van der Waals surface area contributed by atoms with Crippen LogP contribution in [0, 0.1) is 11.2 Å². The SMILES string of the molecule is COc1ccc(C2C(C(=O)c3ccccc3)N3c4ccc(F)cc4C=CC3C23C(=O)c2ccccc2C3=O)cc1OC. The van der Waals surface area contributed by atoms with Crippen molar-refractivity contribution in [2.75, 3.05) is 19.1 Å². The van der Waals surface area contributed by atoms with Crippen LogP contribution in [0.5, 0.6) is 11.5 Å². The molecule has 208 valence electrons. The molecule has 1 saturated heterocycles. The zero-order valence-electron chi connectivity index (χ0n) is 22.9. The van der Waals surface area contributed by atoms with Gasteiger partial charge in [-0.3, -0.25) is 14.4 Å². The van der Waals surface area contributed by atoms with E-state index in [1.165, 1.54) is 26.4 Å². The van der Waals surface area contributed by atoms with Crippen LogP contribution in [0.2, 0.25) is 0 Å². The summed E-state index contributed by atoms with van der Waals surface area (Å²) >= 11 is 0. The second kappa shape index (κ2) is 9.52. The number of ether oxygens (including phenoxy) is 2. The number of halogens is 1. The normalized spacial score (nSPS) is 21.2. The predicted octanol–water partition coefficient (Wildman–Crippen LogP) is 6.16. The monoisotopic (exact) mass is 559 g/mol. The Labute approximate surface area is 242 Å². The highest BCUT2D eigenvalue weighted by Crippen LogP contribution is 2.61. The van der Waals surface area contributed by atoms with Crippen molar-refractivity contribution in [2.24, 2.45) is 5.41 Å². The molecule has 0 saturated carbocycles. The van der Waals surface area contributed by atoms with Gasteiger partial charge in [0.05, 0.1) is 20.3 Å². The third-order valence-electron chi connectivity index (χ3n) is 8.86. The van der Waals surface area contributed by atoms with E-state index in [9.17, 15) is 18.8 Å². The molecular weight excluding hydrogens is 533 g/mol. The molecule has 0 amide bonds. The van der Waals surface area contributed by atoms with Crippen molar-refractivity contribution in [3.05, 3.63) is 131 Å². The fraction of sp³-hybridized carbons (Fsp3) is 0.171. The summed E-state index contributed by atoms with van der Waals surface area (Å²) in [6, 6.07) is 23.5. The maximum Gasteiger partial charge on any atom is 0.185 e. The fourth-order valence-corrected chi connectivity index (χ4v) is 7.14. The number of hydrogen-bond acceptors (Lipinski definition) is 6. The van der Waals surface area contributed by atoms with E-state index in [1.54, 1.807) is 84.9 Å². The smallest absolute Gasteiger partial charge is 0.185 e. The molecular formula is C35H26FNO5. The van der Waals surface area contributed by atoms with Crippen molar-refractivity contribution in [1.29, 1.82) is 0 Å². The van der Waals surface area contributed by atoms with Gasteiger partial charge in [0.2, 0.25) is 0 Å². The lowest BCUT2D eigenvalue weighted by atomic mass is 9.64. The number of benzene rings is 4. The summed E-state index contributed by atoms with van der Waals surface area (Å²) in [6.07, 6.45) is 3.52. The third kappa shape index (κ3) is 3.40. The maximum absolute atomic E-state index is 14.7. The molecule has 3 atom stereocenters. The lowest BCUT2D eigenvalue weighted by molar-refractivity contribution is 0.0665. The molecule has 0 bridgehead atoms. The summed E-state index contributed by atoms with van der Waals surface area (Å²) in [5, 5.41) is 0. The van der Waals surface area contributed by atoms with Crippen LogP contribution in [0.15, 0.2) is 97.1 Å². The second-order valence-corrected chi connectivity index (χ2v) is 10.8. The van der Waals surface area contributed by atoms with Crippen molar-refractivity contribution >= 4 is 29.1 Å². The van der Waals surface area contributed by atoms with E-state index in [0.29, 0.717) is 45.0 Å². The molecule has 1 fully saturated rings. The lowest BCUT2D eigenvalue weighted by Gasteiger charge is -2.37. The first-order chi connectivity index (χ1) is 20.4. The minimum absolute atomic E-state index is 0.251. The Balaban J connectivity index is 1.56. The van der Waals surface area contributed by atoms with Crippen LogP contribution >= 0.6 is 0 Å². The highest BCUT2D eigenvalue weighted by Gasteiger charge is 2.71. The molecule has 0 radical (unpaired) electrons. The van der Waals surface area contributed by atoms with Crippen LogP contribution in [0.25, 0.3) is 6.08 Å². The van der Waals surface area contributed by atoms with E-state index >= 15 is 0 Å². The first-order valence-electron chi connectivity index (χ1n) is 13.7. The number of anilines is 1. The average molecular weight is 560 g/mol. The molecule has 2 heterocycles. The van der Waals surface area contributed by atoms with Gasteiger partial charge < -0.3 is 14.4 Å². The van der Waals surface area contributed by atoms with Gasteiger partial charge in [0.15, 0.2) is 28.8 Å². The summed E-state index contributed by atoms with van der Waals surface area (Å²) in [7, 11) is 3.04. The van der Waals surface area contributed by atoms with Gasteiger partial charge in [-0.25, -0.2) is 4.39 Å². The number of methoxy groups -OCH3 is 2. The fourth-order valence-electron chi connectivity index (χ4n) is 7.14. The van der Waals surface area contributed by atoms with Crippen LogP contribution < -0.4 is 14.4 Å². The van der Waals surface area contributed by atoms with E-state index in [2.05, 4.69) is 0 Å². The molecule has 7 rings (SSSR count). The molecule has 6 nitrogen and oxygen atoms in total. The maximum atomic E-state index is 14.7. The zero-order chi connectivity index (χ0) is 29.2. The molecule has 3 unspecified atom stereocenters. The van der Waals surface area contributed by atoms with Gasteiger partial charge in [-0.2, -0.15) is 0 Å². The highest BCUT2D eigenvalue weighted by molar-refractivity contribution is 6.32. The van der Waals surface area contributed by atoms with Crippen LogP contribution in [0.4, 0.5) is 10.1 Å². The van der Waals surface area contributed by atoms with Crippen molar-refractivity contribution in [3.8, 4) is 11.5 Å². The summed E-state index contributed by atoms with van der Waals surface area (Å²) in [6.45, 7) is 0. The van der Waals surface area contributed by atoms with Gasteiger partial charge in [-0.1, -0.05) is 72.8 Å². The van der Waals surface area contributed by atoms with Crippen LogP contribution in [0.1, 0.15) is 48.1 Å². The van der Waals surface area contributed by atoms with Crippen molar-refractivity contribution < 1.29 is 28.2 Å². The largest absolute Gasteiger partial charge is 0.493 e. The lowest BCUT2D eigenvalue weighted by Crippen LogP contribution is -2.48. The average Bonchev–Trinajstić information content (AvgIpc) is 3.46. The first-order valence-corrected chi connectivity index (χ1v) is 13.7. The number of fused-ring (bicyclic) bond motifs is 5. The number of rotatable bonds is 5. The number of carbonyl (C=O) groups excluding carboxylic acids is 3. The number of nitrogens with zero attached hydrogens (tertiary/aromatic N) is 1. The minimum Gasteiger partial charge on any atom is -0.493 e. The van der Waals surface area contributed by atoms with E-state index in [4.69, 9.17) is 9.47 Å². The van der Waals surface area contributed by atoms with Crippen LogP contribution in [-0.4, -0.2) is 43.7 Å². The summed E-state index contributed by atoms with van der Waals surface area (Å²) < 4.78 is 25.5. The van der Waals surface area contributed by atoms with Crippen molar-refractivity contribution in [1.82, 2.24) is 0 Å². The van der Waals surface area contributed by atoms with Gasteiger partial charge in [-0.15, -0.1) is 0 Å². The van der Waals surface area contributed by atoms with E-state index in [1.807, 2.05) is 11.0 Å². The standard InChI is InChI=1S/C35H26FNO5/c1-41-27-16-12-22(19-28(27)42-2)30-31(32(38)20-8-4-3-5-9-20)37-26-15-14-23(36)18-21(26)13-17-29(37)35(30)33(39)24-10-6-7-11-25(24)34(35)40/h3-19,29-31H,1-2H3. The second-order valence-electron chi connectivity index (χ2n) is 10.8. The Hall–Kier alpha value is -5.04. The molecule has 0 aromatic heterocycles. The Kier molecular flexibility index (Phi) is 5.87. The molecule has 4 aromatic rings. The van der Waals surface area contributed by atoms with E-state index in [0.717, 1.165) is 0 Å². The van der Waals surface area contributed by atoms with Gasteiger partial charge in [0.25, 0.3) is 0 Å². The Bertz CT molecular complexity index is 1780.